The van der Waals surface area contributed by atoms with Crippen LogP contribution in [0, 0.1) is 23.7 Å². The van der Waals surface area contributed by atoms with Crippen LogP contribution in [-0.2, 0) is 120 Å². The van der Waals surface area contributed by atoms with E-state index in [1.165, 1.54) is 19.2 Å². The van der Waals surface area contributed by atoms with Crippen LogP contribution >= 0.6 is 0 Å². The summed E-state index contributed by atoms with van der Waals surface area (Å²) in [5, 5.41) is 22.9. The molecule has 0 aromatic rings. The average molecular weight is 1610 g/mol. The highest BCUT2D eigenvalue weighted by atomic mass is 16.2. The van der Waals surface area contributed by atoms with E-state index in [9.17, 15) is 120 Å². The summed E-state index contributed by atoms with van der Waals surface area (Å²) >= 11 is 0. The van der Waals surface area contributed by atoms with Crippen LogP contribution in [0.1, 0.15) is 53.4 Å². The normalized spacial score (nSPS) is 16.3. The Labute approximate surface area is 660 Å². The SMILES string of the molecule is CCC(=O)C(CC)CNCC(=O)C(CNCC(=O)CN1C(=O)C=CC1=O)CNCC(=O)CN1C(=O)C=CC1=O.CCC(=O)C(CNCC(=O)CN1C(=O)C=CC1=O)CNCC(=O)CN1C(=O)C=CC1=O.CCC(=O)CN1C(=O)C=CC1=O.CNCC(=O)C(CNCC(=O)CN1C(=O)C=CC1=O)CNCC(=O)C[N+]1(C)C(=O)C=CC1=O. The maximum absolute atomic E-state index is 12.9. The Balaban J connectivity index is 0.000000339. The van der Waals surface area contributed by atoms with Crippen molar-refractivity contribution in [2.45, 2.75) is 53.4 Å². The van der Waals surface area contributed by atoms with Crippen molar-refractivity contribution in [2.75, 3.05) is 158 Å². The summed E-state index contributed by atoms with van der Waals surface area (Å²) in [4.78, 5) is 299. The molecule has 7 heterocycles. The number of nitrogens with zero attached hydrogens (tertiary/aromatic N) is 7. The van der Waals surface area contributed by atoms with Gasteiger partial charge in [0, 0.05) is 162 Å². The first-order chi connectivity index (χ1) is 54.5. The average Bonchev–Trinajstić information content (AvgIpc) is 1.66. The lowest BCUT2D eigenvalue weighted by atomic mass is 9.98. The molecule has 7 aliphatic rings. The van der Waals surface area contributed by atoms with Crippen molar-refractivity contribution in [3.8, 4) is 0 Å². The van der Waals surface area contributed by atoms with E-state index in [-0.39, 0.29) is 183 Å². The summed E-state index contributed by atoms with van der Waals surface area (Å²) in [7, 11) is 2.99. The predicted molar refractivity (Wildman–Crippen MR) is 400 cm³/mol. The number of ketones is 11. The lowest BCUT2D eigenvalue weighted by molar-refractivity contribution is -0.740. The van der Waals surface area contributed by atoms with Crippen LogP contribution < -0.4 is 42.5 Å². The second-order valence-corrected chi connectivity index (χ2v) is 26.8. The molecule has 0 fully saturated rings. The molecule has 2 atom stereocenters. The third kappa shape index (κ3) is 31.4. The summed E-state index contributed by atoms with van der Waals surface area (Å²) in [5.41, 5.74) is 0. The maximum atomic E-state index is 12.9. The van der Waals surface area contributed by atoms with Crippen LogP contribution in [0.3, 0.4) is 0 Å². The number of amides is 14. The van der Waals surface area contributed by atoms with Crippen molar-refractivity contribution in [3.05, 3.63) is 85.1 Å². The fraction of sp³-hybridized carbons (Fsp3) is 0.480. The monoisotopic (exact) mass is 1610 g/mol. The van der Waals surface area contributed by atoms with Crippen molar-refractivity contribution in [2.24, 2.45) is 23.7 Å². The molecule has 7 aliphatic heterocycles. The largest absolute Gasteiger partial charge is 0.346 e. The molecule has 2 unspecified atom stereocenters. The highest BCUT2D eigenvalue weighted by Gasteiger charge is 2.44. The van der Waals surface area contributed by atoms with Gasteiger partial charge < -0.3 is 42.5 Å². The predicted octanol–water partition coefficient (Wildman–Crippen LogP) is -7.72. The van der Waals surface area contributed by atoms with Gasteiger partial charge in [0.15, 0.2) is 52.8 Å². The summed E-state index contributed by atoms with van der Waals surface area (Å²) in [6.45, 7) is 5.01. The Kier molecular flexibility index (Phi) is 40.3. The minimum absolute atomic E-state index is 0.0334. The summed E-state index contributed by atoms with van der Waals surface area (Å²) in [6.07, 6.45) is 17.2. The van der Waals surface area contributed by atoms with Gasteiger partial charge in [-0.3, -0.25) is 140 Å². The van der Waals surface area contributed by atoms with Gasteiger partial charge in [0.1, 0.15) is 11.6 Å². The molecule has 0 aliphatic carbocycles. The van der Waals surface area contributed by atoms with Crippen LogP contribution in [0.4, 0.5) is 0 Å². The van der Waals surface area contributed by atoms with Gasteiger partial charge in [-0.05, 0) is 13.5 Å². The zero-order valence-electron chi connectivity index (χ0n) is 64.6. The van der Waals surface area contributed by atoms with Gasteiger partial charge in [0.25, 0.3) is 70.9 Å². The second kappa shape index (κ2) is 48.4. The number of carbonyl (C=O) groups is 25. The minimum atomic E-state index is -0.673. The number of quaternary nitrogens is 1. The van der Waals surface area contributed by atoms with Gasteiger partial charge in [-0.1, -0.05) is 27.7 Å². The van der Waals surface area contributed by atoms with E-state index >= 15 is 0 Å². The quantitative estimate of drug-likeness (QED) is 0.0207. The standard InChI is InChI=1S/C26H35N5O8.C21H28N5O7.C20H24N4O7.C8H9NO3/c1-3-17(21(34)4-2)9-29-14-22(35)18(10-27-12-19(32)15-30-23(36)5-6-24(30)37)11-28-13-20(33)16-31-25(38)7-8-26(31)39;1-22-11-17(29)14(7-23-9-15(27)12-25-18(30)3-4-19(25)31)8-24-10-16(28)13-26(2)20(32)5-6-21(26)33;1-2-16(27)13(7-21-9-14(25)11-23-17(28)3-4-18(23)29)8-22-10-15(26)12-24-19(30)5-6-20(24)31;1-2-6(10)5-9-7(11)3-4-8(9)12/h5-8,17-18,27-29H,3-4,9-16H2,1-2H3;3-6,14,22-24H,7-13H2,1-2H3;3-6,13,21-22H,2,7-12H2,1H3;3-4H,2,5H2,1H3/q;+1;;. The Morgan fingerprint density at radius 3 is 0.713 bits per heavy atom. The van der Waals surface area contributed by atoms with Gasteiger partial charge in [-0.25, -0.2) is 9.59 Å². The van der Waals surface area contributed by atoms with Crippen LogP contribution in [0.25, 0.3) is 0 Å². The molecule has 0 aromatic carbocycles. The molecule has 620 valence electrons. The molecule has 0 bridgehead atoms. The van der Waals surface area contributed by atoms with Crippen LogP contribution in [0.15, 0.2) is 85.1 Å². The third-order valence-corrected chi connectivity index (χ3v) is 18.0. The molecule has 0 saturated heterocycles. The van der Waals surface area contributed by atoms with E-state index < -0.39 is 135 Å². The van der Waals surface area contributed by atoms with Gasteiger partial charge in [0.2, 0.25) is 5.78 Å². The zero-order valence-corrected chi connectivity index (χ0v) is 64.6. The van der Waals surface area contributed by atoms with E-state index in [0.717, 1.165) is 102 Å². The fourth-order valence-corrected chi connectivity index (χ4v) is 11.2. The first-order valence-electron chi connectivity index (χ1n) is 36.7. The number of carbonyl (C=O) groups excluding carboxylic acids is 25. The molecular weight excluding hydrogens is 1510 g/mol. The summed E-state index contributed by atoms with van der Waals surface area (Å²) in [6, 6.07) is 0. The van der Waals surface area contributed by atoms with Crippen LogP contribution in [0.2, 0.25) is 0 Å². The first-order valence-corrected chi connectivity index (χ1v) is 36.7. The van der Waals surface area contributed by atoms with E-state index in [0.29, 0.717) is 25.8 Å². The molecule has 0 spiro atoms. The number of imide groups is 7. The first kappa shape index (κ1) is 95.7. The minimum Gasteiger partial charge on any atom is -0.313 e. The molecule has 7 rings (SSSR count). The lowest BCUT2D eigenvalue weighted by Gasteiger charge is -2.22. The van der Waals surface area contributed by atoms with Crippen LogP contribution in [0.5, 0.6) is 0 Å². The number of hydrogen-bond donors (Lipinski definition) is 8. The summed E-state index contributed by atoms with van der Waals surface area (Å²) < 4.78 is -0.635. The van der Waals surface area contributed by atoms with E-state index in [2.05, 4.69) is 42.5 Å². The Bertz CT molecular complexity index is 3840. The van der Waals surface area contributed by atoms with Gasteiger partial charge in [-0.2, -0.15) is 4.48 Å². The van der Waals surface area contributed by atoms with Gasteiger partial charge in [0.05, 0.1) is 111 Å². The van der Waals surface area contributed by atoms with Gasteiger partial charge in [-0.15, -0.1) is 0 Å². The van der Waals surface area contributed by atoms with Crippen molar-refractivity contribution >= 4 is 146 Å². The molecule has 115 heavy (non-hydrogen) atoms. The topological polar surface area (TPSA) is 542 Å². The number of likely N-dealkylation sites (N-methyl/N-ethyl adjacent to an activating group) is 2. The molecule has 40 heteroatoms. The number of rotatable bonds is 52. The van der Waals surface area contributed by atoms with E-state index in [1.54, 1.807) is 27.8 Å². The number of hydrogen-bond acceptors (Lipinski definition) is 33. The van der Waals surface area contributed by atoms with Crippen molar-refractivity contribution in [1.82, 2.24) is 71.9 Å². The third-order valence-electron chi connectivity index (χ3n) is 18.0. The molecule has 8 N–H and O–H groups in total. The maximum Gasteiger partial charge on any atom is 0.346 e. The smallest absolute Gasteiger partial charge is 0.313 e. The Morgan fingerprint density at radius 1 is 0.270 bits per heavy atom. The molecule has 40 nitrogen and oxygen atoms in total. The highest BCUT2D eigenvalue weighted by Crippen LogP contribution is 2.15. The van der Waals surface area contributed by atoms with Crippen molar-refractivity contribution < 1.29 is 124 Å². The lowest BCUT2D eigenvalue weighted by Crippen LogP contribution is -2.53. The fourth-order valence-electron chi connectivity index (χ4n) is 11.2. The summed E-state index contributed by atoms with van der Waals surface area (Å²) in [5.74, 6) is -12.1. The zero-order chi connectivity index (χ0) is 85.6. The van der Waals surface area contributed by atoms with Crippen molar-refractivity contribution in [1.29, 1.82) is 0 Å². The molecular formula is C75H96N15O25+. The highest BCUT2D eigenvalue weighted by molar-refractivity contribution is 6.18. The number of nitrogens with one attached hydrogen (secondary N) is 8. The molecule has 0 radical (unpaired) electrons. The van der Waals surface area contributed by atoms with E-state index in [1.807, 2.05) is 6.92 Å². The van der Waals surface area contributed by atoms with Crippen LogP contribution in [-0.4, -0.2) is 338 Å². The van der Waals surface area contributed by atoms with Crippen molar-refractivity contribution in [3.63, 3.8) is 0 Å². The Morgan fingerprint density at radius 2 is 0.478 bits per heavy atom. The van der Waals surface area contributed by atoms with E-state index in [4.69, 9.17) is 0 Å². The molecule has 0 aromatic heterocycles. The Hall–Kier alpha value is -11.6. The second-order valence-electron chi connectivity index (χ2n) is 26.8. The molecule has 0 saturated carbocycles. The molecule has 14 amide bonds. The van der Waals surface area contributed by atoms with Gasteiger partial charge >= 0.3 is 11.8 Å². The number of Topliss-reactive ketones (excluding diaryl/α,β-unsaturated/α-hetero) is 11.